The quantitative estimate of drug-likeness (QED) is 0.229. The summed E-state index contributed by atoms with van der Waals surface area (Å²) in [5.74, 6) is 1.51. The van der Waals surface area contributed by atoms with Gasteiger partial charge in [-0.3, -0.25) is 9.59 Å². The van der Waals surface area contributed by atoms with E-state index in [1.54, 1.807) is 31.1 Å². The van der Waals surface area contributed by atoms with Gasteiger partial charge in [-0.1, -0.05) is 51.2 Å². The fourth-order valence-corrected chi connectivity index (χ4v) is 4.74. The number of benzene rings is 1. The molecular formula is C25H31N3O5S2. The number of aliphatic carboxylic acids is 1. The molecule has 0 aliphatic carbocycles. The van der Waals surface area contributed by atoms with Crippen molar-refractivity contribution >= 4 is 40.1 Å². The Hall–Kier alpha value is -2.85. The number of anilines is 1. The number of thiazole rings is 1. The monoisotopic (exact) mass is 517 g/mol. The number of carbonyl (C=O) groups is 2. The van der Waals surface area contributed by atoms with Crippen molar-refractivity contribution in [1.82, 2.24) is 9.97 Å². The van der Waals surface area contributed by atoms with E-state index in [1.165, 1.54) is 11.3 Å². The van der Waals surface area contributed by atoms with Crippen LogP contribution < -0.4 is 10.1 Å². The lowest BCUT2D eigenvalue weighted by molar-refractivity contribution is -0.141. The molecule has 8 nitrogen and oxygen atoms in total. The normalized spacial score (nSPS) is 12.3. The molecule has 0 radical (unpaired) electrons. The predicted molar refractivity (Wildman–Crippen MR) is 137 cm³/mol. The molecule has 0 fully saturated rings. The summed E-state index contributed by atoms with van der Waals surface area (Å²) in [5.41, 5.74) is 0.784. The van der Waals surface area contributed by atoms with E-state index in [9.17, 15) is 9.59 Å². The van der Waals surface area contributed by atoms with E-state index < -0.39 is 5.97 Å². The molecule has 1 aromatic carbocycles. The molecule has 10 heteroatoms. The predicted octanol–water partition coefficient (Wildman–Crippen LogP) is 5.78. The van der Waals surface area contributed by atoms with Crippen LogP contribution in [0.25, 0.3) is 0 Å². The molecule has 1 unspecified atom stereocenters. The largest absolute Gasteiger partial charge is 0.494 e. The summed E-state index contributed by atoms with van der Waals surface area (Å²) in [6.45, 7) is 8.39. The highest BCUT2D eigenvalue weighted by Gasteiger charge is 2.19. The number of ether oxygens (including phenoxy) is 1. The van der Waals surface area contributed by atoms with Crippen LogP contribution >= 0.6 is 23.1 Å². The lowest BCUT2D eigenvalue weighted by atomic mass is 9.94. The van der Waals surface area contributed by atoms with Gasteiger partial charge in [-0.15, -0.1) is 11.8 Å². The number of oxazole rings is 1. The number of hydrogen-bond acceptors (Lipinski definition) is 8. The zero-order valence-corrected chi connectivity index (χ0v) is 22.0. The van der Waals surface area contributed by atoms with E-state index in [-0.39, 0.29) is 23.7 Å². The standard InChI is InChI=1S/C25H31N3O5S2/c1-16(23(30)31)6-5-11-32-18-9-7-17(8-10-18)12-20(29)28-24-27-14-22(35-24)34-15-21-26-13-19(33-21)25(2,3)4/h7-10,13-14,16H,5-6,11-12,15H2,1-4H3,(H,30,31)(H,27,28,29). The fourth-order valence-electron chi connectivity index (χ4n) is 3.00. The first-order chi connectivity index (χ1) is 16.6. The molecular weight excluding hydrogens is 486 g/mol. The summed E-state index contributed by atoms with van der Waals surface area (Å²) in [6.07, 6.45) is 4.98. The third kappa shape index (κ3) is 8.70. The van der Waals surface area contributed by atoms with Crippen molar-refractivity contribution in [2.75, 3.05) is 11.9 Å². The summed E-state index contributed by atoms with van der Waals surface area (Å²) in [6, 6.07) is 7.32. The number of nitrogens with zero attached hydrogens (tertiary/aromatic N) is 2. The third-order valence-electron chi connectivity index (χ3n) is 5.12. The number of thioether (sulfide) groups is 1. The average Bonchev–Trinajstić information content (AvgIpc) is 3.45. The number of rotatable bonds is 12. The van der Waals surface area contributed by atoms with Gasteiger partial charge >= 0.3 is 5.97 Å². The molecule has 2 N–H and O–H groups in total. The van der Waals surface area contributed by atoms with Crippen molar-refractivity contribution in [2.45, 2.75) is 62.3 Å². The van der Waals surface area contributed by atoms with Crippen LogP contribution in [-0.4, -0.2) is 33.6 Å². The number of amides is 1. The SMILES string of the molecule is CC(CCCOc1ccc(CC(=O)Nc2ncc(SCc3ncc(C(C)(C)C)o3)s2)cc1)C(=O)O. The second-order valence-corrected chi connectivity index (χ2v) is 11.5. The van der Waals surface area contributed by atoms with E-state index in [0.29, 0.717) is 42.0 Å². The van der Waals surface area contributed by atoms with E-state index in [2.05, 4.69) is 36.1 Å². The van der Waals surface area contributed by atoms with Gasteiger partial charge in [0.2, 0.25) is 11.8 Å². The Morgan fingerprint density at radius 1 is 1.20 bits per heavy atom. The zero-order valence-electron chi connectivity index (χ0n) is 20.4. The van der Waals surface area contributed by atoms with E-state index in [1.807, 2.05) is 24.3 Å². The Morgan fingerprint density at radius 3 is 2.60 bits per heavy atom. The van der Waals surface area contributed by atoms with Crippen LogP contribution in [0, 0.1) is 5.92 Å². The summed E-state index contributed by atoms with van der Waals surface area (Å²) < 4.78 is 12.4. The Kier molecular flexibility index (Phi) is 9.33. The molecule has 3 rings (SSSR count). The van der Waals surface area contributed by atoms with Crippen molar-refractivity contribution in [1.29, 1.82) is 0 Å². The maximum absolute atomic E-state index is 12.4. The topological polar surface area (TPSA) is 115 Å². The number of carbonyl (C=O) groups excluding carboxylic acids is 1. The molecule has 0 bridgehead atoms. The van der Waals surface area contributed by atoms with Crippen LogP contribution in [0.3, 0.4) is 0 Å². The van der Waals surface area contributed by atoms with E-state index in [0.717, 1.165) is 15.5 Å². The number of nitrogens with one attached hydrogen (secondary N) is 1. The molecule has 0 spiro atoms. The van der Waals surface area contributed by atoms with Crippen molar-refractivity contribution < 1.29 is 23.8 Å². The first-order valence-corrected chi connectivity index (χ1v) is 13.2. The van der Waals surface area contributed by atoms with Crippen LogP contribution in [-0.2, 0) is 27.2 Å². The van der Waals surface area contributed by atoms with E-state index >= 15 is 0 Å². The maximum Gasteiger partial charge on any atom is 0.306 e. The second-order valence-electron chi connectivity index (χ2n) is 9.24. The highest BCUT2D eigenvalue weighted by molar-refractivity contribution is 8.00. The van der Waals surface area contributed by atoms with Crippen LogP contribution in [0.15, 0.2) is 45.3 Å². The van der Waals surface area contributed by atoms with Crippen LogP contribution in [0.4, 0.5) is 5.13 Å². The number of hydrogen-bond donors (Lipinski definition) is 2. The summed E-state index contributed by atoms with van der Waals surface area (Å²) in [5, 5.41) is 12.3. The van der Waals surface area contributed by atoms with Crippen molar-refractivity contribution in [3.63, 3.8) is 0 Å². The van der Waals surface area contributed by atoms with Crippen LogP contribution in [0.2, 0.25) is 0 Å². The molecule has 35 heavy (non-hydrogen) atoms. The van der Waals surface area contributed by atoms with E-state index in [4.69, 9.17) is 14.3 Å². The van der Waals surface area contributed by atoms with Gasteiger partial charge in [0.25, 0.3) is 0 Å². The van der Waals surface area contributed by atoms with Gasteiger partial charge in [-0.25, -0.2) is 9.97 Å². The van der Waals surface area contributed by atoms with Gasteiger partial charge in [-0.2, -0.15) is 0 Å². The van der Waals surface area contributed by atoms with Gasteiger partial charge in [0, 0.05) is 5.41 Å². The molecule has 0 saturated carbocycles. The molecule has 1 atom stereocenters. The molecule has 0 aliphatic rings. The van der Waals surface area contributed by atoms with Gasteiger partial charge in [0.05, 0.1) is 41.3 Å². The van der Waals surface area contributed by atoms with Crippen molar-refractivity contribution in [2.24, 2.45) is 5.92 Å². The molecule has 188 valence electrons. The second kappa shape index (κ2) is 12.2. The lowest BCUT2D eigenvalue weighted by Crippen LogP contribution is -2.14. The number of carboxylic acid groups (broad SMARTS) is 1. The third-order valence-corrected chi connectivity index (χ3v) is 7.21. The van der Waals surface area contributed by atoms with Crippen LogP contribution in [0.5, 0.6) is 5.75 Å². The van der Waals surface area contributed by atoms with Gasteiger partial charge in [0.15, 0.2) is 5.13 Å². The molecule has 2 heterocycles. The molecule has 0 saturated heterocycles. The smallest absolute Gasteiger partial charge is 0.306 e. The maximum atomic E-state index is 12.4. The Labute approximate surface area is 213 Å². The zero-order chi connectivity index (χ0) is 25.4. The Bertz CT molecular complexity index is 1120. The minimum Gasteiger partial charge on any atom is -0.494 e. The Morgan fingerprint density at radius 2 is 1.94 bits per heavy atom. The number of carboxylic acids is 1. The Balaban J connectivity index is 1.40. The highest BCUT2D eigenvalue weighted by Crippen LogP contribution is 2.31. The first kappa shape index (κ1) is 26.7. The minimum atomic E-state index is -0.791. The summed E-state index contributed by atoms with van der Waals surface area (Å²) in [7, 11) is 0. The molecule has 0 aliphatic heterocycles. The lowest BCUT2D eigenvalue weighted by Gasteiger charge is -2.12. The number of aromatic nitrogens is 2. The van der Waals surface area contributed by atoms with Gasteiger partial charge < -0.3 is 19.6 Å². The van der Waals surface area contributed by atoms with Gasteiger partial charge in [0.1, 0.15) is 11.5 Å². The van der Waals surface area contributed by atoms with Crippen molar-refractivity contribution in [3.05, 3.63) is 53.9 Å². The summed E-state index contributed by atoms with van der Waals surface area (Å²) in [4.78, 5) is 31.9. The highest BCUT2D eigenvalue weighted by atomic mass is 32.2. The molecule has 3 aromatic rings. The van der Waals surface area contributed by atoms with Crippen molar-refractivity contribution in [3.8, 4) is 5.75 Å². The fraction of sp³-hybridized carbons (Fsp3) is 0.440. The van der Waals surface area contributed by atoms with Crippen LogP contribution in [0.1, 0.15) is 57.8 Å². The summed E-state index contributed by atoms with van der Waals surface area (Å²) >= 11 is 2.98. The average molecular weight is 518 g/mol. The minimum absolute atomic E-state index is 0.0761. The molecule has 2 aromatic heterocycles. The molecule has 1 amide bonds. The van der Waals surface area contributed by atoms with Gasteiger partial charge in [-0.05, 0) is 30.5 Å². The first-order valence-electron chi connectivity index (χ1n) is 11.4.